The van der Waals surface area contributed by atoms with Crippen LogP contribution in [-0.4, -0.2) is 59.5 Å². The first-order chi connectivity index (χ1) is 10.6. The van der Waals surface area contributed by atoms with E-state index in [1.54, 1.807) is 4.90 Å². The number of aromatic amines is 1. The van der Waals surface area contributed by atoms with Gasteiger partial charge >= 0.3 is 6.03 Å². The Labute approximate surface area is 129 Å². The summed E-state index contributed by atoms with van der Waals surface area (Å²) < 4.78 is 0. The van der Waals surface area contributed by atoms with Crippen LogP contribution in [0.5, 0.6) is 0 Å². The molecule has 2 atom stereocenters. The molecule has 2 aliphatic heterocycles. The van der Waals surface area contributed by atoms with Gasteiger partial charge in [-0.05, 0) is 30.7 Å². The number of H-pyrrole nitrogens is 1. The van der Waals surface area contributed by atoms with E-state index in [4.69, 9.17) is 5.73 Å². The number of amidine groups is 1. The zero-order chi connectivity index (χ0) is 15.3. The first-order valence-electron chi connectivity index (χ1n) is 7.86. The van der Waals surface area contributed by atoms with Crippen LogP contribution in [0, 0.1) is 11.8 Å². The van der Waals surface area contributed by atoms with E-state index >= 15 is 0 Å². The molecule has 7 heteroatoms. The Kier molecular flexibility index (Phi) is 3.02. The first-order valence-corrected chi connectivity index (χ1v) is 7.86. The van der Waals surface area contributed by atoms with Gasteiger partial charge in [0.2, 0.25) is 0 Å². The maximum Gasteiger partial charge on any atom is 0.314 e. The highest BCUT2D eigenvalue weighted by atomic mass is 16.2. The van der Waals surface area contributed by atoms with Crippen molar-refractivity contribution < 1.29 is 4.79 Å². The van der Waals surface area contributed by atoms with Crippen molar-refractivity contribution in [3.05, 3.63) is 17.8 Å². The molecule has 22 heavy (non-hydrogen) atoms. The summed E-state index contributed by atoms with van der Waals surface area (Å²) >= 11 is 0. The van der Waals surface area contributed by atoms with Crippen molar-refractivity contribution in [1.29, 1.82) is 0 Å². The number of aliphatic imine (C=N–C) groups is 1. The van der Waals surface area contributed by atoms with Gasteiger partial charge in [-0.3, -0.25) is 0 Å². The van der Waals surface area contributed by atoms with Gasteiger partial charge in [0.15, 0.2) is 0 Å². The monoisotopic (exact) mass is 302 g/mol. The van der Waals surface area contributed by atoms with Crippen LogP contribution >= 0.6 is 0 Å². The molecule has 3 aliphatic rings. The maximum absolute atomic E-state index is 11.3. The Morgan fingerprint density at radius 2 is 2.14 bits per heavy atom. The molecule has 0 bridgehead atoms. The molecule has 2 unspecified atom stereocenters. The summed E-state index contributed by atoms with van der Waals surface area (Å²) in [4.78, 5) is 23.3. The molecule has 2 fully saturated rings. The molecule has 0 radical (unpaired) electrons. The largest absolute Gasteiger partial charge is 0.356 e. The van der Waals surface area contributed by atoms with Gasteiger partial charge in [-0.1, -0.05) is 0 Å². The lowest BCUT2D eigenvalue weighted by Crippen LogP contribution is -2.40. The van der Waals surface area contributed by atoms with Crippen LogP contribution in [0.15, 0.2) is 17.3 Å². The predicted octanol–water partition coefficient (Wildman–Crippen LogP) is 0.865. The Balaban J connectivity index is 1.47. The van der Waals surface area contributed by atoms with E-state index in [-0.39, 0.29) is 6.03 Å². The van der Waals surface area contributed by atoms with Crippen LogP contribution in [0.1, 0.15) is 18.4 Å². The highest BCUT2D eigenvalue weighted by molar-refractivity contribution is 6.04. The number of fused-ring (bicyclic) bond motifs is 2. The number of carbonyl (C=O) groups is 1. The standard InChI is InChI=1S/C15H22N6O/c1-20(14-12-2-3-17-13(12)18-8-19-14)11-4-9-6-21(15(16)22)7-10(9)5-11/h2-3,9-11,17-18H,4-8H2,1H3,(H2,16,22). The highest BCUT2D eigenvalue weighted by Crippen LogP contribution is 2.40. The van der Waals surface area contributed by atoms with Crippen molar-refractivity contribution in [2.75, 3.05) is 32.1 Å². The van der Waals surface area contributed by atoms with Gasteiger partial charge in [-0.2, -0.15) is 0 Å². The lowest BCUT2D eigenvalue weighted by molar-refractivity contribution is 0.212. The van der Waals surface area contributed by atoms with E-state index in [2.05, 4.69) is 33.3 Å². The van der Waals surface area contributed by atoms with Gasteiger partial charge in [0.1, 0.15) is 18.3 Å². The zero-order valence-electron chi connectivity index (χ0n) is 12.7. The molecule has 2 amide bonds. The summed E-state index contributed by atoms with van der Waals surface area (Å²) in [5.41, 5.74) is 6.54. The molecule has 1 saturated carbocycles. The number of hydrogen-bond donors (Lipinski definition) is 3. The topological polar surface area (TPSA) is 89.8 Å². The van der Waals surface area contributed by atoms with E-state index in [9.17, 15) is 4.79 Å². The molecule has 0 aromatic carbocycles. The summed E-state index contributed by atoms with van der Waals surface area (Å²) in [7, 11) is 2.14. The fourth-order valence-electron chi connectivity index (χ4n) is 4.22. The maximum atomic E-state index is 11.3. The van der Waals surface area contributed by atoms with Gasteiger partial charge in [0.05, 0.1) is 5.56 Å². The van der Waals surface area contributed by atoms with Gasteiger partial charge in [0.25, 0.3) is 0 Å². The van der Waals surface area contributed by atoms with Crippen LogP contribution < -0.4 is 11.1 Å². The lowest BCUT2D eigenvalue weighted by Gasteiger charge is -2.31. The Hall–Kier alpha value is -2.18. The number of anilines is 1. The second-order valence-electron chi connectivity index (χ2n) is 6.58. The Bertz CT molecular complexity index is 609. The number of aromatic nitrogens is 1. The third-order valence-corrected chi connectivity index (χ3v) is 5.39. The summed E-state index contributed by atoms with van der Waals surface area (Å²) in [5.74, 6) is 3.27. The lowest BCUT2D eigenvalue weighted by atomic mass is 10.0. The van der Waals surface area contributed by atoms with Gasteiger partial charge in [-0.15, -0.1) is 0 Å². The molecule has 0 spiro atoms. The van der Waals surface area contributed by atoms with Crippen molar-refractivity contribution in [2.45, 2.75) is 18.9 Å². The second-order valence-corrected chi connectivity index (χ2v) is 6.58. The third-order valence-electron chi connectivity index (χ3n) is 5.39. The predicted molar refractivity (Wildman–Crippen MR) is 84.7 cm³/mol. The molecule has 1 aromatic heterocycles. The average Bonchev–Trinajstić information content (AvgIpc) is 3.18. The van der Waals surface area contributed by atoms with Gasteiger partial charge in [0, 0.05) is 32.4 Å². The molecule has 3 heterocycles. The van der Waals surface area contributed by atoms with Crippen LogP contribution in [0.25, 0.3) is 0 Å². The van der Waals surface area contributed by atoms with E-state index in [0.29, 0.717) is 24.5 Å². The first kappa shape index (κ1) is 13.5. The number of rotatable bonds is 1. The molecule has 7 nitrogen and oxygen atoms in total. The van der Waals surface area contributed by atoms with E-state index in [0.717, 1.165) is 43.1 Å². The van der Waals surface area contributed by atoms with Crippen LogP contribution in [0.4, 0.5) is 10.6 Å². The number of nitrogens with two attached hydrogens (primary N) is 1. The average molecular weight is 302 g/mol. The van der Waals surface area contributed by atoms with Crippen molar-refractivity contribution in [2.24, 2.45) is 22.6 Å². The number of urea groups is 1. The molecular formula is C15H22N6O. The van der Waals surface area contributed by atoms with Gasteiger partial charge in [-0.25, -0.2) is 9.79 Å². The number of amides is 2. The Morgan fingerprint density at radius 3 is 2.82 bits per heavy atom. The van der Waals surface area contributed by atoms with Gasteiger partial charge < -0.3 is 25.8 Å². The smallest absolute Gasteiger partial charge is 0.314 e. The third kappa shape index (κ3) is 2.03. The Morgan fingerprint density at radius 1 is 1.41 bits per heavy atom. The highest BCUT2D eigenvalue weighted by Gasteiger charge is 2.43. The van der Waals surface area contributed by atoms with E-state index in [1.807, 2.05) is 6.20 Å². The summed E-state index contributed by atoms with van der Waals surface area (Å²) in [6.45, 7) is 2.24. The summed E-state index contributed by atoms with van der Waals surface area (Å²) in [6.07, 6.45) is 4.16. The minimum Gasteiger partial charge on any atom is -0.356 e. The number of nitrogens with one attached hydrogen (secondary N) is 2. The molecule has 1 aliphatic carbocycles. The second kappa shape index (κ2) is 4.93. The van der Waals surface area contributed by atoms with E-state index in [1.165, 1.54) is 0 Å². The minimum absolute atomic E-state index is 0.279. The molecule has 4 N–H and O–H groups in total. The molecule has 118 valence electrons. The van der Waals surface area contributed by atoms with Crippen molar-refractivity contribution in [3.63, 3.8) is 0 Å². The number of likely N-dealkylation sites (tertiary alicyclic amines) is 1. The number of nitrogens with zero attached hydrogens (tertiary/aromatic N) is 3. The quantitative estimate of drug-likeness (QED) is 0.719. The molecule has 1 aromatic rings. The summed E-state index contributed by atoms with van der Waals surface area (Å²) in [6, 6.07) is 2.28. The molecule has 1 saturated heterocycles. The van der Waals surface area contributed by atoms with E-state index < -0.39 is 0 Å². The van der Waals surface area contributed by atoms with Crippen LogP contribution in [0.2, 0.25) is 0 Å². The molecule has 4 rings (SSSR count). The fraction of sp³-hybridized carbons (Fsp3) is 0.600. The van der Waals surface area contributed by atoms with Crippen molar-refractivity contribution in [3.8, 4) is 0 Å². The van der Waals surface area contributed by atoms with Crippen LogP contribution in [-0.2, 0) is 0 Å². The number of hydrogen-bond acceptors (Lipinski definition) is 4. The normalized spacial score (nSPS) is 29.6. The SMILES string of the molecule is CN(C1=NCNc2[nH]ccc21)C1CC2CN(C(N)=O)CC2C1. The fourth-order valence-corrected chi connectivity index (χ4v) is 4.22. The molecular weight excluding hydrogens is 280 g/mol. The minimum atomic E-state index is -0.279. The van der Waals surface area contributed by atoms with Crippen LogP contribution in [0.3, 0.4) is 0 Å². The number of carbonyl (C=O) groups excluding carboxylic acids is 1. The zero-order valence-corrected chi connectivity index (χ0v) is 12.7. The van der Waals surface area contributed by atoms with Crippen molar-refractivity contribution in [1.82, 2.24) is 14.8 Å². The number of primary amides is 1. The summed E-state index contributed by atoms with van der Waals surface area (Å²) in [5, 5.41) is 3.25. The van der Waals surface area contributed by atoms with Crippen molar-refractivity contribution >= 4 is 17.7 Å².